The molecule has 1 aromatic carbocycles. The number of rotatable bonds is 3. The van der Waals surface area contributed by atoms with Crippen molar-refractivity contribution in [3.63, 3.8) is 0 Å². The molecule has 64 valence electrons. The smallest absolute Gasteiger partial charge is 0.0485 e. The van der Waals surface area contributed by atoms with E-state index in [2.05, 4.69) is 27.1 Å². The molecule has 1 rings (SSSR count). The lowest BCUT2D eigenvalue weighted by Gasteiger charge is -2.06. The van der Waals surface area contributed by atoms with Crippen LogP contribution >= 0.6 is 28.4 Å². The van der Waals surface area contributed by atoms with Crippen LogP contribution in [0.15, 0.2) is 18.2 Å². The van der Waals surface area contributed by atoms with Crippen LogP contribution in [0.25, 0.3) is 0 Å². The highest BCUT2D eigenvalue weighted by atomic mass is 127. The van der Waals surface area contributed by atoms with Crippen LogP contribution in [0, 0.1) is 5.41 Å². The van der Waals surface area contributed by atoms with Crippen molar-refractivity contribution in [1.82, 2.24) is 0 Å². The number of hydrogen-bond donors (Lipinski definition) is 3. The van der Waals surface area contributed by atoms with E-state index in [0.717, 1.165) is 16.9 Å². The fourth-order valence-corrected chi connectivity index (χ4v) is 2.05. The summed E-state index contributed by atoms with van der Waals surface area (Å²) in [6.07, 6.45) is 1.91. The van der Waals surface area contributed by atoms with E-state index >= 15 is 0 Å². The van der Waals surface area contributed by atoms with Gasteiger partial charge in [0, 0.05) is 29.5 Å². The van der Waals surface area contributed by atoms with E-state index in [1.54, 1.807) is 6.07 Å². The zero-order valence-corrected chi connectivity index (χ0v) is 9.42. The van der Waals surface area contributed by atoms with Crippen LogP contribution in [0.2, 0.25) is 0 Å². The van der Waals surface area contributed by atoms with E-state index in [1.807, 2.05) is 12.1 Å². The average Bonchev–Trinajstić information content (AvgIpc) is 2.05. The lowest BCUT2D eigenvalue weighted by molar-refractivity contribution is 1.54. The van der Waals surface area contributed by atoms with E-state index < -0.39 is 0 Å². The number of nitrogens with two attached hydrogens (primary N) is 1. The first-order valence-electron chi connectivity index (χ1n) is 3.29. The fourth-order valence-electron chi connectivity index (χ4n) is 0.859. The first-order chi connectivity index (χ1) is 5.77. The lowest BCUT2D eigenvalue weighted by Crippen LogP contribution is -1.92. The molecule has 1 atom stereocenters. The summed E-state index contributed by atoms with van der Waals surface area (Å²) in [6, 6.07) is 5.47. The molecular weight excluding hydrogens is 284 g/mol. The first-order valence-corrected chi connectivity index (χ1v) is 7.41. The Morgan fingerprint density at radius 3 is 2.92 bits per heavy atom. The maximum atomic E-state index is 7.13. The SMILES string of the molecule is N=Cc1ccc(N)cc1NPI. The molecule has 0 aromatic heterocycles. The quantitative estimate of drug-likeness (QED) is 0.347. The molecule has 0 aliphatic heterocycles. The van der Waals surface area contributed by atoms with E-state index in [9.17, 15) is 0 Å². The molecule has 0 radical (unpaired) electrons. The number of benzene rings is 1. The van der Waals surface area contributed by atoms with E-state index in [-0.39, 0.29) is 0 Å². The monoisotopic (exact) mass is 293 g/mol. The van der Waals surface area contributed by atoms with Gasteiger partial charge < -0.3 is 16.2 Å². The van der Waals surface area contributed by atoms with E-state index in [0.29, 0.717) is 6.37 Å². The summed E-state index contributed by atoms with van der Waals surface area (Å²) in [4.78, 5) is 0. The predicted octanol–water partition coefficient (Wildman–Crippen LogP) is 2.62. The summed E-state index contributed by atoms with van der Waals surface area (Å²) in [6.45, 7) is 0. The Hall–Kier alpha value is -0.350. The zero-order valence-electron chi connectivity index (χ0n) is 6.26. The fraction of sp³-hybridized carbons (Fsp3) is 0. The Labute approximate surface area is 85.9 Å². The lowest BCUT2D eigenvalue weighted by atomic mass is 10.2. The van der Waals surface area contributed by atoms with Crippen molar-refractivity contribution in [3.05, 3.63) is 23.8 Å². The summed E-state index contributed by atoms with van der Waals surface area (Å²) >= 11 is 2.24. The van der Waals surface area contributed by atoms with Crippen LogP contribution in [0.1, 0.15) is 5.56 Å². The molecule has 4 N–H and O–H groups in total. The summed E-state index contributed by atoms with van der Waals surface area (Å²) in [5, 5.41) is 10.3. The van der Waals surface area contributed by atoms with Crippen LogP contribution in [0.5, 0.6) is 0 Å². The highest BCUT2D eigenvalue weighted by Gasteiger charge is 1.98. The van der Waals surface area contributed by atoms with Crippen molar-refractivity contribution in [2.75, 3.05) is 10.8 Å². The highest BCUT2D eigenvalue weighted by Crippen LogP contribution is 2.27. The van der Waals surface area contributed by atoms with Crippen LogP contribution < -0.4 is 10.8 Å². The van der Waals surface area contributed by atoms with Gasteiger partial charge in [-0.05, 0) is 40.2 Å². The summed E-state index contributed by atoms with van der Waals surface area (Å²) in [7, 11) is 0. The summed E-state index contributed by atoms with van der Waals surface area (Å²) < 4.78 is 0. The van der Waals surface area contributed by atoms with Gasteiger partial charge in [0.2, 0.25) is 0 Å². The molecule has 5 heteroatoms. The van der Waals surface area contributed by atoms with Gasteiger partial charge in [-0.25, -0.2) is 0 Å². The van der Waals surface area contributed by atoms with Crippen LogP contribution in [-0.4, -0.2) is 6.21 Å². The van der Waals surface area contributed by atoms with Gasteiger partial charge in [-0.15, -0.1) is 0 Å². The Morgan fingerprint density at radius 1 is 1.58 bits per heavy atom. The van der Waals surface area contributed by atoms with Crippen LogP contribution in [0.4, 0.5) is 11.4 Å². The average molecular weight is 293 g/mol. The molecule has 0 amide bonds. The number of nitrogen functional groups attached to an aromatic ring is 1. The molecule has 0 fully saturated rings. The van der Waals surface area contributed by atoms with Gasteiger partial charge in [0.25, 0.3) is 0 Å². The van der Waals surface area contributed by atoms with Gasteiger partial charge >= 0.3 is 0 Å². The molecule has 3 nitrogen and oxygen atoms in total. The van der Waals surface area contributed by atoms with Crippen molar-refractivity contribution in [1.29, 1.82) is 5.41 Å². The number of anilines is 2. The second kappa shape index (κ2) is 4.62. The van der Waals surface area contributed by atoms with Crippen molar-refractivity contribution < 1.29 is 0 Å². The van der Waals surface area contributed by atoms with Crippen molar-refractivity contribution in [2.45, 2.75) is 0 Å². The minimum Gasteiger partial charge on any atom is -0.399 e. The normalized spacial score (nSPS) is 10.4. The van der Waals surface area contributed by atoms with Gasteiger partial charge in [-0.1, -0.05) is 0 Å². The molecule has 12 heavy (non-hydrogen) atoms. The molecule has 1 aromatic rings. The second-order valence-corrected chi connectivity index (χ2v) is 4.27. The minimum absolute atomic E-state index is 0.592. The van der Waals surface area contributed by atoms with Gasteiger partial charge in [0.15, 0.2) is 0 Å². The maximum absolute atomic E-state index is 7.13. The predicted molar refractivity (Wildman–Crippen MR) is 64.7 cm³/mol. The van der Waals surface area contributed by atoms with Gasteiger partial charge in [0.1, 0.15) is 0 Å². The minimum atomic E-state index is 0.592. The molecule has 0 aliphatic rings. The molecule has 1 unspecified atom stereocenters. The van der Waals surface area contributed by atoms with Gasteiger partial charge in [-0.3, -0.25) is 0 Å². The summed E-state index contributed by atoms with van der Waals surface area (Å²) in [5.74, 6) is 0. The second-order valence-electron chi connectivity index (χ2n) is 2.21. The van der Waals surface area contributed by atoms with Crippen molar-refractivity contribution in [3.8, 4) is 0 Å². The first kappa shape index (κ1) is 9.74. The third-order valence-electron chi connectivity index (χ3n) is 1.41. The van der Waals surface area contributed by atoms with Gasteiger partial charge in [-0.2, -0.15) is 0 Å². The molecular formula is C7H9IN3P. The Morgan fingerprint density at radius 2 is 2.33 bits per heavy atom. The van der Waals surface area contributed by atoms with Crippen molar-refractivity contribution in [2.24, 2.45) is 0 Å². The molecule has 0 aliphatic carbocycles. The third kappa shape index (κ3) is 2.32. The Kier molecular flexibility index (Phi) is 3.75. The van der Waals surface area contributed by atoms with Crippen LogP contribution in [0.3, 0.4) is 0 Å². The zero-order chi connectivity index (χ0) is 8.97. The largest absolute Gasteiger partial charge is 0.399 e. The standard InChI is InChI=1S/C7H9IN3P/c8-12-11-7-3-6(10)2-1-5(7)4-9/h1-4,9,11-12H,10H2. The van der Waals surface area contributed by atoms with E-state index in [4.69, 9.17) is 11.1 Å². The number of nitrogens with one attached hydrogen (secondary N) is 2. The van der Waals surface area contributed by atoms with E-state index in [1.165, 1.54) is 6.21 Å². The number of halogens is 1. The molecule has 0 bridgehead atoms. The Bertz CT molecular complexity index is 290. The maximum Gasteiger partial charge on any atom is 0.0485 e. The van der Waals surface area contributed by atoms with Crippen molar-refractivity contribution >= 4 is 46.0 Å². The molecule has 0 saturated carbocycles. The third-order valence-corrected chi connectivity index (χ3v) is 2.59. The topological polar surface area (TPSA) is 61.9 Å². The van der Waals surface area contributed by atoms with Crippen LogP contribution in [-0.2, 0) is 0 Å². The number of hydrogen-bond acceptors (Lipinski definition) is 3. The molecule has 0 saturated heterocycles. The molecule has 0 spiro atoms. The highest BCUT2D eigenvalue weighted by molar-refractivity contribution is 14.2. The Balaban J connectivity index is 3.03. The van der Waals surface area contributed by atoms with Gasteiger partial charge in [0.05, 0.1) is 0 Å². The summed E-state index contributed by atoms with van der Waals surface area (Å²) in [5.41, 5.74) is 8.12. The molecule has 0 heterocycles.